The second-order valence-electron chi connectivity index (χ2n) is 6.83. The van der Waals surface area contributed by atoms with Gasteiger partial charge in [0.25, 0.3) is 0 Å². The van der Waals surface area contributed by atoms with E-state index in [0.717, 1.165) is 6.42 Å². The summed E-state index contributed by atoms with van der Waals surface area (Å²) in [7, 11) is 2.07. The van der Waals surface area contributed by atoms with Crippen molar-refractivity contribution in [3.63, 3.8) is 0 Å². The fraction of sp³-hybridized carbons (Fsp3) is 0.929. The number of aliphatic carboxylic acids is 1. The van der Waals surface area contributed by atoms with Gasteiger partial charge in [-0.1, -0.05) is 20.8 Å². The van der Waals surface area contributed by atoms with Gasteiger partial charge in [-0.05, 0) is 31.2 Å². The van der Waals surface area contributed by atoms with Crippen molar-refractivity contribution >= 4 is 5.97 Å². The molecule has 1 N–H and O–H groups in total. The fourth-order valence-corrected chi connectivity index (χ4v) is 3.83. The Labute approximate surface area is 109 Å². The van der Waals surface area contributed by atoms with Crippen LogP contribution in [0.2, 0.25) is 0 Å². The molecule has 2 rings (SSSR count). The minimum atomic E-state index is -0.728. The Morgan fingerprint density at radius 3 is 2.44 bits per heavy atom. The Morgan fingerprint density at radius 1 is 1.28 bits per heavy atom. The molecule has 2 aliphatic rings. The lowest BCUT2D eigenvalue weighted by Gasteiger charge is -2.34. The molecule has 0 aromatic carbocycles. The predicted molar refractivity (Wildman–Crippen MR) is 69.5 cm³/mol. The van der Waals surface area contributed by atoms with E-state index in [9.17, 15) is 9.90 Å². The van der Waals surface area contributed by atoms with Crippen molar-refractivity contribution < 1.29 is 14.6 Å². The number of rotatable bonds is 3. The van der Waals surface area contributed by atoms with Crippen LogP contribution in [0.3, 0.4) is 0 Å². The van der Waals surface area contributed by atoms with Gasteiger partial charge < -0.3 is 9.84 Å². The van der Waals surface area contributed by atoms with Gasteiger partial charge in [0.1, 0.15) is 0 Å². The lowest BCUT2D eigenvalue weighted by atomic mass is 9.91. The van der Waals surface area contributed by atoms with Gasteiger partial charge in [0, 0.05) is 12.1 Å². The summed E-state index contributed by atoms with van der Waals surface area (Å²) in [6.45, 7) is 7.79. The number of ether oxygens (including phenoxy) is 1. The first-order valence-corrected chi connectivity index (χ1v) is 6.84. The molecule has 18 heavy (non-hydrogen) atoms. The van der Waals surface area contributed by atoms with Gasteiger partial charge in [-0.25, -0.2) is 0 Å². The molecule has 4 unspecified atom stereocenters. The molecule has 1 heterocycles. The Hall–Kier alpha value is -0.610. The third-order valence-corrected chi connectivity index (χ3v) is 4.71. The summed E-state index contributed by atoms with van der Waals surface area (Å²) in [5, 5.41) is 9.24. The standard InChI is InChI=1S/C14H25NO3/c1-9-5-14(2,3)6-11(9)15(4)12-8-18-7-10(12)13(16)17/h9-12H,5-8H2,1-4H3,(H,16,17). The number of carboxylic acid groups (broad SMARTS) is 1. The Bertz CT molecular complexity index is 329. The van der Waals surface area contributed by atoms with Crippen LogP contribution in [0.4, 0.5) is 0 Å². The fourth-order valence-electron chi connectivity index (χ4n) is 3.83. The molecule has 0 radical (unpaired) electrons. The van der Waals surface area contributed by atoms with Gasteiger partial charge in [-0.3, -0.25) is 9.69 Å². The lowest BCUT2D eigenvalue weighted by molar-refractivity contribution is -0.143. The number of carbonyl (C=O) groups is 1. The van der Waals surface area contributed by atoms with Crippen LogP contribution in [0.5, 0.6) is 0 Å². The quantitative estimate of drug-likeness (QED) is 0.836. The number of hydrogen-bond acceptors (Lipinski definition) is 3. The maximum absolute atomic E-state index is 11.2. The van der Waals surface area contributed by atoms with Crippen molar-refractivity contribution in [3.05, 3.63) is 0 Å². The molecule has 1 saturated carbocycles. The normalized spacial score (nSPS) is 39.4. The maximum atomic E-state index is 11.2. The van der Waals surface area contributed by atoms with E-state index >= 15 is 0 Å². The van der Waals surface area contributed by atoms with Gasteiger partial charge >= 0.3 is 5.97 Å². The number of carboxylic acids is 1. The van der Waals surface area contributed by atoms with Crippen LogP contribution < -0.4 is 0 Å². The molecule has 4 nitrogen and oxygen atoms in total. The van der Waals surface area contributed by atoms with E-state index in [1.165, 1.54) is 6.42 Å². The van der Waals surface area contributed by atoms with Crippen LogP contribution in [0.25, 0.3) is 0 Å². The molecule has 1 aliphatic heterocycles. The first-order chi connectivity index (χ1) is 8.32. The molecule has 0 amide bonds. The SMILES string of the molecule is CC1CC(C)(C)CC1N(C)C1COCC1C(=O)O. The average molecular weight is 255 g/mol. The van der Waals surface area contributed by atoms with E-state index in [1.54, 1.807) is 0 Å². The first kappa shape index (κ1) is 13.8. The third-order valence-electron chi connectivity index (χ3n) is 4.71. The molecular weight excluding hydrogens is 230 g/mol. The summed E-state index contributed by atoms with van der Waals surface area (Å²) >= 11 is 0. The minimum absolute atomic E-state index is 0.0313. The van der Waals surface area contributed by atoms with Crippen molar-refractivity contribution in [1.82, 2.24) is 4.90 Å². The molecule has 1 aliphatic carbocycles. The van der Waals surface area contributed by atoms with Crippen molar-refractivity contribution in [2.75, 3.05) is 20.3 Å². The number of hydrogen-bond donors (Lipinski definition) is 1. The van der Waals surface area contributed by atoms with E-state index in [4.69, 9.17) is 4.74 Å². The number of nitrogens with zero attached hydrogens (tertiary/aromatic N) is 1. The van der Waals surface area contributed by atoms with E-state index in [0.29, 0.717) is 30.6 Å². The van der Waals surface area contributed by atoms with E-state index in [1.807, 2.05) is 0 Å². The van der Waals surface area contributed by atoms with Crippen molar-refractivity contribution in [1.29, 1.82) is 0 Å². The van der Waals surface area contributed by atoms with Crippen molar-refractivity contribution in [3.8, 4) is 0 Å². The topological polar surface area (TPSA) is 49.8 Å². The maximum Gasteiger partial charge on any atom is 0.310 e. The zero-order valence-corrected chi connectivity index (χ0v) is 11.8. The molecule has 0 spiro atoms. The van der Waals surface area contributed by atoms with Crippen LogP contribution in [0.1, 0.15) is 33.6 Å². The van der Waals surface area contributed by atoms with Gasteiger partial charge in [0.15, 0.2) is 0 Å². The van der Waals surface area contributed by atoms with Gasteiger partial charge in [-0.15, -0.1) is 0 Å². The minimum Gasteiger partial charge on any atom is -0.481 e. The Morgan fingerprint density at radius 2 is 1.94 bits per heavy atom. The van der Waals surface area contributed by atoms with E-state index in [-0.39, 0.29) is 12.0 Å². The molecule has 4 atom stereocenters. The monoisotopic (exact) mass is 255 g/mol. The summed E-state index contributed by atoms with van der Waals surface area (Å²) in [5.41, 5.74) is 0.372. The highest BCUT2D eigenvalue weighted by atomic mass is 16.5. The molecule has 104 valence electrons. The highest BCUT2D eigenvalue weighted by Crippen LogP contribution is 2.44. The van der Waals surface area contributed by atoms with Crippen LogP contribution >= 0.6 is 0 Å². The van der Waals surface area contributed by atoms with Gasteiger partial charge in [0.05, 0.1) is 19.1 Å². The average Bonchev–Trinajstić information content (AvgIpc) is 2.81. The van der Waals surface area contributed by atoms with Gasteiger partial charge in [-0.2, -0.15) is 0 Å². The van der Waals surface area contributed by atoms with Crippen LogP contribution in [0.15, 0.2) is 0 Å². The summed E-state index contributed by atoms with van der Waals surface area (Å²) in [6.07, 6.45) is 2.36. The second-order valence-corrected chi connectivity index (χ2v) is 6.83. The molecule has 0 aromatic rings. The lowest BCUT2D eigenvalue weighted by Crippen LogP contribution is -2.47. The number of likely N-dealkylation sites (N-methyl/N-ethyl adjacent to an activating group) is 1. The predicted octanol–water partition coefficient (Wildman–Crippen LogP) is 1.84. The summed E-state index contributed by atoms with van der Waals surface area (Å²) in [5.74, 6) is -0.472. The molecule has 0 bridgehead atoms. The third kappa shape index (κ3) is 2.54. The molecule has 0 aromatic heterocycles. The van der Waals surface area contributed by atoms with Crippen molar-refractivity contribution in [2.24, 2.45) is 17.3 Å². The molecule has 1 saturated heterocycles. The summed E-state index contributed by atoms with van der Waals surface area (Å²) < 4.78 is 5.38. The molecular formula is C14H25NO3. The van der Waals surface area contributed by atoms with Crippen LogP contribution in [0, 0.1) is 17.3 Å². The van der Waals surface area contributed by atoms with E-state index in [2.05, 4.69) is 32.7 Å². The Balaban J connectivity index is 2.07. The summed E-state index contributed by atoms with van der Waals surface area (Å²) in [4.78, 5) is 13.5. The Kier molecular flexibility index (Phi) is 3.70. The van der Waals surface area contributed by atoms with Crippen LogP contribution in [-0.4, -0.2) is 48.3 Å². The zero-order valence-electron chi connectivity index (χ0n) is 11.8. The largest absolute Gasteiger partial charge is 0.481 e. The molecule has 2 fully saturated rings. The molecule has 4 heteroatoms. The van der Waals surface area contributed by atoms with Crippen molar-refractivity contribution in [2.45, 2.75) is 45.7 Å². The van der Waals surface area contributed by atoms with Crippen LogP contribution in [-0.2, 0) is 9.53 Å². The highest BCUT2D eigenvalue weighted by molar-refractivity contribution is 5.71. The zero-order chi connectivity index (χ0) is 13.5. The smallest absolute Gasteiger partial charge is 0.310 e. The summed E-state index contributed by atoms with van der Waals surface area (Å²) in [6, 6.07) is 0.511. The van der Waals surface area contributed by atoms with Gasteiger partial charge in [0.2, 0.25) is 0 Å². The second kappa shape index (κ2) is 4.82. The highest BCUT2D eigenvalue weighted by Gasteiger charge is 2.44. The first-order valence-electron chi connectivity index (χ1n) is 6.84. The van der Waals surface area contributed by atoms with E-state index < -0.39 is 5.97 Å².